The maximum Gasteiger partial charge on any atom is 0.293 e. The fourth-order valence-electron chi connectivity index (χ4n) is 4.37. The molecule has 35 heavy (non-hydrogen) atoms. The van der Waals surface area contributed by atoms with E-state index in [4.69, 9.17) is 22.1 Å². The predicted molar refractivity (Wildman–Crippen MR) is 127 cm³/mol. The second-order valence-corrected chi connectivity index (χ2v) is 8.89. The lowest BCUT2D eigenvalue weighted by Crippen LogP contribution is -2.66. The number of ketones is 1. The summed E-state index contributed by atoms with van der Waals surface area (Å²) in [5.41, 5.74) is 12.6. The topological polar surface area (TPSA) is 140 Å². The molecule has 6 N–H and O–H groups in total. The molecule has 10 nitrogen and oxygen atoms in total. The van der Waals surface area contributed by atoms with E-state index in [1.807, 2.05) is 0 Å². The zero-order chi connectivity index (χ0) is 25.3. The van der Waals surface area contributed by atoms with Crippen molar-refractivity contribution in [1.29, 1.82) is 0 Å². The minimum atomic E-state index is -1.00. The van der Waals surface area contributed by atoms with Crippen LogP contribution < -0.4 is 27.2 Å². The number of rotatable bonds is 8. The van der Waals surface area contributed by atoms with Crippen LogP contribution in [0.5, 0.6) is 0 Å². The molecule has 12 heteroatoms. The fourth-order valence-corrected chi connectivity index (χ4v) is 4.55. The van der Waals surface area contributed by atoms with Crippen LogP contribution in [0.25, 0.3) is 0 Å². The van der Waals surface area contributed by atoms with Gasteiger partial charge >= 0.3 is 0 Å². The smallest absolute Gasteiger partial charge is 0.293 e. The maximum atomic E-state index is 13.5. The third kappa shape index (κ3) is 4.49. The summed E-state index contributed by atoms with van der Waals surface area (Å²) >= 11 is 5.82. The second-order valence-electron chi connectivity index (χ2n) is 8.49. The molecule has 186 valence electrons. The molecule has 2 aliphatic heterocycles. The van der Waals surface area contributed by atoms with Gasteiger partial charge in [0.25, 0.3) is 17.6 Å². The molecule has 1 aromatic carbocycles. The van der Waals surface area contributed by atoms with Crippen LogP contribution >= 0.6 is 11.6 Å². The minimum Gasteiger partial charge on any atom is -0.399 e. The van der Waals surface area contributed by atoms with Crippen LogP contribution in [0.4, 0.5) is 10.1 Å². The summed E-state index contributed by atoms with van der Waals surface area (Å²) in [6.45, 7) is 2.41. The Hall–Kier alpha value is -3.41. The average molecular weight is 505 g/mol. The van der Waals surface area contributed by atoms with E-state index >= 15 is 0 Å². The van der Waals surface area contributed by atoms with Gasteiger partial charge in [0.1, 0.15) is 17.1 Å². The molecule has 0 atom stereocenters. The van der Waals surface area contributed by atoms with Crippen molar-refractivity contribution in [2.24, 2.45) is 5.73 Å². The van der Waals surface area contributed by atoms with Crippen molar-refractivity contribution < 1.29 is 23.5 Å². The van der Waals surface area contributed by atoms with Gasteiger partial charge in [0.2, 0.25) is 0 Å². The lowest BCUT2D eigenvalue weighted by Gasteiger charge is -2.42. The highest BCUT2D eigenvalue weighted by atomic mass is 35.5. The number of nitrogens with one attached hydrogen (secondary N) is 4. The number of nitrogens with zero attached hydrogens (tertiary/aromatic N) is 1. The number of hydrogen-bond acceptors (Lipinski definition) is 7. The summed E-state index contributed by atoms with van der Waals surface area (Å²) in [6.07, 6.45) is 2.76. The van der Waals surface area contributed by atoms with Crippen LogP contribution in [0, 0.1) is 12.7 Å². The van der Waals surface area contributed by atoms with Gasteiger partial charge in [-0.15, -0.1) is 0 Å². The standard InChI is InChI=1S/C23H26ClFN6O4/c1-12-18(20(32)22(34)30-23(10-35-11-23)17(26)9-28-27-2)16-4-3-7-31(16)19(12)21(33)29-13-5-6-15(25)14(24)8-13/h5-6,8-9,27-28H,3-4,7,10-11,26H2,1-2H3,(H,29,33)(H,30,34). The Balaban J connectivity index is 1.60. The number of carbonyl (C=O) groups excluding carboxylic acids is 3. The number of amides is 2. The molecule has 0 unspecified atom stereocenters. The van der Waals surface area contributed by atoms with Gasteiger partial charge in [-0.1, -0.05) is 11.6 Å². The Morgan fingerprint density at radius 3 is 2.66 bits per heavy atom. The number of carbonyl (C=O) groups is 3. The summed E-state index contributed by atoms with van der Waals surface area (Å²) in [4.78, 5) is 39.5. The van der Waals surface area contributed by atoms with Gasteiger partial charge in [0.15, 0.2) is 0 Å². The zero-order valence-corrected chi connectivity index (χ0v) is 20.0. The molecular weight excluding hydrogens is 479 g/mol. The zero-order valence-electron chi connectivity index (χ0n) is 19.3. The number of hydrogen-bond donors (Lipinski definition) is 5. The summed E-state index contributed by atoms with van der Waals surface area (Å²) in [5, 5.41) is 5.28. The highest BCUT2D eigenvalue weighted by molar-refractivity contribution is 6.44. The van der Waals surface area contributed by atoms with E-state index in [9.17, 15) is 18.8 Å². The first-order chi connectivity index (χ1) is 16.7. The molecule has 4 rings (SSSR count). The molecule has 0 saturated carbocycles. The van der Waals surface area contributed by atoms with Crippen LogP contribution in [0.3, 0.4) is 0 Å². The maximum absolute atomic E-state index is 13.5. The molecule has 0 aliphatic carbocycles. The number of aromatic nitrogens is 1. The number of benzene rings is 1. The van der Waals surface area contributed by atoms with Crippen LogP contribution in [-0.2, 0) is 22.5 Å². The van der Waals surface area contributed by atoms with Gasteiger partial charge in [0.05, 0.1) is 29.5 Å². The molecule has 2 aromatic rings. The van der Waals surface area contributed by atoms with E-state index in [0.29, 0.717) is 35.6 Å². The number of hydrazine groups is 1. The van der Waals surface area contributed by atoms with Crippen molar-refractivity contribution in [3.63, 3.8) is 0 Å². The van der Waals surface area contributed by atoms with Crippen molar-refractivity contribution in [3.05, 3.63) is 63.5 Å². The number of halogens is 2. The summed E-state index contributed by atoms with van der Waals surface area (Å²) < 4.78 is 20.5. The van der Waals surface area contributed by atoms with Crippen molar-refractivity contribution >= 4 is 34.9 Å². The van der Waals surface area contributed by atoms with Crippen LogP contribution in [0.2, 0.25) is 5.02 Å². The van der Waals surface area contributed by atoms with E-state index in [-0.39, 0.29) is 29.5 Å². The van der Waals surface area contributed by atoms with Crippen molar-refractivity contribution in [1.82, 2.24) is 20.7 Å². The Morgan fingerprint density at radius 1 is 1.29 bits per heavy atom. The van der Waals surface area contributed by atoms with Crippen LogP contribution in [-0.4, -0.2) is 48.0 Å². The SMILES string of the molecule is CNNC=C(N)C1(NC(=O)C(=O)c2c(C)c(C(=O)Nc3ccc(F)c(Cl)c3)n3c2CCC3)COC1. The minimum absolute atomic E-state index is 0.125. The van der Waals surface area contributed by atoms with Gasteiger partial charge in [-0.3, -0.25) is 14.4 Å². The molecule has 3 heterocycles. The third-order valence-electron chi connectivity index (χ3n) is 6.21. The van der Waals surface area contributed by atoms with Gasteiger partial charge in [-0.2, -0.15) is 0 Å². The fraction of sp³-hybridized carbons (Fsp3) is 0.348. The Morgan fingerprint density at radius 2 is 2.03 bits per heavy atom. The summed E-state index contributed by atoms with van der Waals surface area (Å²) in [5.74, 6) is -2.68. The van der Waals surface area contributed by atoms with E-state index < -0.39 is 29.0 Å². The molecule has 0 radical (unpaired) electrons. The number of ether oxygens (including phenoxy) is 1. The monoisotopic (exact) mass is 504 g/mol. The van der Waals surface area contributed by atoms with E-state index in [1.165, 1.54) is 18.3 Å². The van der Waals surface area contributed by atoms with Gasteiger partial charge in [-0.25, -0.2) is 9.82 Å². The predicted octanol–water partition coefficient (Wildman–Crippen LogP) is 1.38. The van der Waals surface area contributed by atoms with Crippen molar-refractivity contribution in [3.8, 4) is 0 Å². The number of fused-ring (bicyclic) bond motifs is 1. The van der Waals surface area contributed by atoms with Crippen molar-refractivity contribution in [2.75, 3.05) is 25.6 Å². The molecule has 1 aromatic heterocycles. The lowest BCUT2D eigenvalue weighted by atomic mass is 9.92. The highest BCUT2D eigenvalue weighted by Gasteiger charge is 2.45. The summed E-state index contributed by atoms with van der Waals surface area (Å²) in [7, 11) is 1.66. The third-order valence-corrected chi connectivity index (χ3v) is 6.50. The average Bonchev–Trinajstić information content (AvgIpc) is 3.35. The van der Waals surface area contributed by atoms with Crippen molar-refractivity contribution in [2.45, 2.75) is 31.8 Å². The number of anilines is 1. The number of Topliss-reactive ketones (excluding diaryl/α,β-unsaturated/α-hetero) is 1. The molecule has 0 spiro atoms. The van der Waals surface area contributed by atoms with Crippen LogP contribution in [0.1, 0.15) is 38.5 Å². The van der Waals surface area contributed by atoms with E-state index in [0.717, 1.165) is 12.5 Å². The van der Waals surface area contributed by atoms with E-state index in [1.54, 1.807) is 18.5 Å². The molecule has 2 aliphatic rings. The normalized spacial score (nSPS) is 16.3. The summed E-state index contributed by atoms with van der Waals surface area (Å²) in [6, 6.07) is 3.85. The molecule has 1 fully saturated rings. The Bertz CT molecular complexity index is 1240. The molecule has 2 amide bonds. The Labute approximate surface area is 206 Å². The second kappa shape index (κ2) is 9.68. The first-order valence-electron chi connectivity index (χ1n) is 11.0. The molecular formula is C23H26ClFN6O4. The molecule has 0 bridgehead atoms. The van der Waals surface area contributed by atoms with Gasteiger partial charge < -0.3 is 31.1 Å². The Kier molecular flexibility index (Phi) is 6.84. The largest absolute Gasteiger partial charge is 0.399 e. The number of nitrogens with two attached hydrogens (primary N) is 1. The first-order valence-corrected chi connectivity index (χ1v) is 11.4. The van der Waals surface area contributed by atoms with E-state index in [2.05, 4.69) is 21.5 Å². The van der Waals surface area contributed by atoms with Gasteiger partial charge in [0, 0.05) is 31.2 Å². The first kappa shape index (κ1) is 24.7. The highest BCUT2D eigenvalue weighted by Crippen LogP contribution is 2.31. The van der Waals surface area contributed by atoms with Crippen LogP contribution in [0.15, 0.2) is 30.1 Å². The lowest BCUT2D eigenvalue weighted by molar-refractivity contribution is -0.125. The quantitative estimate of drug-likeness (QED) is 0.208. The van der Waals surface area contributed by atoms with Gasteiger partial charge in [-0.05, 0) is 43.5 Å². The molecule has 1 saturated heterocycles.